The van der Waals surface area contributed by atoms with Gasteiger partial charge in [0.1, 0.15) is 11.4 Å². The van der Waals surface area contributed by atoms with Crippen molar-refractivity contribution in [1.29, 1.82) is 0 Å². The number of thiophene rings is 1. The molecule has 0 unspecified atom stereocenters. The molecule has 0 spiro atoms. The fourth-order valence-corrected chi connectivity index (χ4v) is 5.42. The Labute approximate surface area is 256 Å². The van der Waals surface area contributed by atoms with Crippen molar-refractivity contribution in [2.45, 2.75) is 19.4 Å². The number of hydrogen-bond donors (Lipinski definition) is 3. The number of nitrogens with zero attached hydrogens (tertiary/aromatic N) is 4. The van der Waals surface area contributed by atoms with Gasteiger partial charge in [-0.1, -0.05) is 55.1 Å². The molecule has 5 aromatic rings. The smallest absolute Gasteiger partial charge is 0.436 e. The van der Waals surface area contributed by atoms with Crippen LogP contribution in [0.25, 0.3) is 10.2 Å². The molecule has 2 aromatic carbocycles. The van der Waals surface area contributed by atoms with Gasteiger partial charge in [-0.05, 0) is 37.6 Å². The van der Waals surface area contributed by atoms with Gasteiger partial charge in [0.15, 0.2) is 11.6 Å². The van der Waals surface area contributed by atoms with E-state index in [0.717, 1.165) is 21.6 Å². The zero-order valence-electron chi connectivity index (χ0n) is 24.2. The number of benzene rings is 2. The molecule has 0 aliphatic carbocycles. The van der Waals surface area contributed by atoms with Gasteiger partial charge >= 0.3 is 6.09 Å². The third-order valence-electron chi connectivity index (χ3n) is 6.68. The van der Waals surface area contributed by atoms with Crippen molar-refractivity contribution in [1.82, 2.24) is 24.6 Å². The van der Waals surface area contributed by atoms with Gasteiger partial charge < -0.3 is 25.3 Å². The van der Waals surface area contributed by atoms with Gasteiger partial charge in [0.2, 0.25) is 0 Å². The summed E-state index contributed by atoms with van der Waals surface area (Å²) in [6.07, 6.45) is 3.73. The zero-order chi connectivity index (χ0) is 31.4. The Balaban J connectivity index is 1.45. The second-order valence-corrected chi connectivity index (χ2v) is 11.2. The Morgan fingerprint density at radius 3 is 2.43 bits per heavy atom. The molecule has 0 bridgehead atoms. The number of fused-ring (bicyclic) bond motifs is 1. The lowest BCUT2D eigenvalue weighted by atomic mass is 9.94. The minimum absolute atomic E-state index is 0.0309. The fourth-order valence-electron chi connectivity index (χ4n) is 4.43. The van der Waals surface area contributed by atoms with Crippen LogP contribution < -0.4 is 16.0 Å². The predicted molar refractivity (Wildman–Crippen MR) is 167 cm³/mol. The van der Waals surface area contributed by atoms with Gasteiger partial charge in [0.25, 0.3) is 17.7 Å². The first kappa shape index (κ1) is 29.9. The van der Waals surface area contributed by atoms with Crippen molar-refractivity contribution in [2.24, 2.45) is 7.05 Å². The molecule has 5 rings (SSSR count). The van der Waals surface area contributed by atoms with Crippen LogP contribution in [0.2, 0.25) is 0 Å². The molecule has 3 aromatic heterocycles. The van der Waals surface area contributed by atoms with Crippen LogP contribution >= 0.6 is 11.3 Å². The van der Waals surface area contributed by atoms with E-state index in [-0.39, 0.29) is 35.4 Å². The van der Waals surface area contributed by atoms with E-state index in [1.807, 2.05) is 44.2 Å². The molecule has 3 N–H and O–H groups in total. The van der Waals surface area contributed by atoms with E-state index in [2.05, 4.69) is 32.6 Å². The normalized spacial score (nSPS) is 11.2. The first-order valence-electron chi connectivity index (χ1n) is 13.5. The summed E-state index contributed by atoms with van der Waals surface area (Å²) >= 11 is 1.03. The first-order valence-corrected chi connectivity index (χ1v) is 14.3. The average Bonchev–Trinajstić information content (AvgIpc) is 3.72. The second kappa shape index (κ2) is 12.4. The van der Waals surface area contributed by atoms with Crippen LogP contribution in [0.1, 0.15) is 50.1 Å². The molecule has 0 aliphatic heterocycles. The monoisotopic (exact) mass is 611 g/mol. The molecular weight excluding hydrogens is 582 g/mol. The zero-order valence-corrected chi connectivity index (χ0v) is 25.0. The summed E-state index contributed by atoms with van der Waals surface area (Å²) in [5, 5.41) is 13.1. The van der Waals surface area contributed by atoms with Crippen molar-refractivity contribution >= 4 is 56.9 Å². The van der Waals surface area contributed by atoms with E-state index in [9.17, 15) is 19.2 Å². The minimum Gasteiger partial charge on any atom is -0.444 e. The Bertz CT molecular complexity index is 1890. The molecule has 0 fully saturated rings. The SMILES string of the molecule is C=CCOC(=O)n1nc(NC(=O)c2ccccc2NC(=O)c2nccn2C)c2cc(C(=O)NC(C)(C)c3ccccc3)sc21. The number of anilines is 2. The van der Waals surface area contributed by atoms with Crippen molar-refractivity contribution in [3.05, 3.63) is 108 Å². The number of carbonyl (C=O) groups is 4. The maximum absolute atomic E-state index is 13.5. The largest absolute Gasteiger partial charge is 0.444 e. The Morgan fingerprint density at radius 1 is 1.00 bits per heavy atom. The van der Waals surface area contributed by atoms with Crippen LogP contribution in [0.15, 0.2) is 85.7 Å². The highest BCUT2D eigenvalue weighted by Crippen LogP contribution is 2.33. The Kier molecular flexibility index (Phi) is 8.40. The van der Waals surface area contributed by atoms with E-state index >= 15 is 0 Å². The molecule has 0 atom stereocenters. The predicted octanol–water partition coefficient (Wildman–Crippen LogP) is 5.17. The standard InChI is InChI=1S/C31H29N7O5S/c1-5-17-43-30(42)38-29-21(18-23(44-29)27(40)35-31(2,3)19-11-7-6-8-12-19)24(36-38)34-26(39)20-13-9-10-14-22(20)33-28(41)25-32-15-16-37(25)4/h5-16,18H,1,17H2,2-4H3,(H,33,41)(H,35,40)(H,34,36,39). The van der Waals surface area contributed by atoms with Crippen molar-refractivity contribution in [3.63, 3.8) is 0 Å². The summed E-state index contributed by atoms with van der Waals surface area (Å²) in [7, 11) is 1.68. The number of carbonyl (C=O) groups excluding carboxylic acids is 4. The van der Waals surface area contributed by atoms with E-state index in [4.69, 9.17) is 4.74 Å². The van der Waals surface area contributed by atoms with Crippen LogP contribution in [0.5, 0.6) is 0 Å². The lowest BCUT2D eigenvalue weighted by Crippen LogP contribution is -2.40. The summed E-state index contributed by atoms with van der Waals surface area (Å²) < 4.78 is 7.73. The Hall–Kier alpha value is -5.56. The van der Waals surface area contributed by atoms with Gasteiger partial charge in [-0.2, -0.15) is 4.68 Å². The number of nitrogens with one attached hydrogen (secondary N) is 3. The Morgan fingerprint density at radius 2 is 1.73 bits per heavy atom. The van der Waals surface area contributed by atoms with Crippen LogP contribution in [0.4, 0.5) is 16.3 Å². The van der Waals surface area contributed by atoms with Crippen LogP contribution in [-0.2, 0) is 17.3 Å². The van der Waals surface area contributed by atoms with Crippen molar-refractivity contribution in [2.75, 3.05) is 17.2 Å². The summed E-state index contributed by atoms with van der Waals surface area (Å²) in [5.41, 5.74) is 0.608. The number of para-hydroxylation sites is 1. The molecule has 0 saturated heterocycles. The quantitative estimate of drug-likeness (QED) is 0.195. The second-order valence-electron chi connectivity index (χ2n) is 10.2. The molecule has 3 heterocycles. The number of imidazole rings is 1. The molecule has 3 amide bonds. The van der Waals surface area contributed by atoms with E-state index in [1.165, 1.54) is 18.3 Å². The highest BCUT2D eigenvalue weighted by Gasteiger charge is 2.28. The summed E-state index contributed by atoms with van der Waals surface area (Å²) in [6, 6.07) is 17.5. The number of hydrogen-bond acceptors (Lipinski definition) is 8. The topological polar surface area (TPSA) is 149 Å². The molecule has 0 saturated carbocycles. The number of amides is 3. The lowest BCUT2D eigenvalue weighted by Gasteiger charge is -2.26. The number of aromatic nitrogens is 4. The third-order valence-corrected chi connectivity index (χ3v) is 7.79. The number of ether oxygens (including phenoxy) is 1. The molecule has 13 heteroatoms. The van der Waals surface area contributed by atoms with E-state index in [0.29, 0.717) is 15.1 Å². The van der Waals surface area contributed by atoms with Gasteiger partial charge in [-0.25, -0.2) is 9.78 Å². The van der Waals surface area contributed by atoms with Gasteiger partial charge in [-0.15, -0.1) is 16.4 Å². The number of aryl methyl sites for hydroxylation is 1. The van der Waals surface area contributed by atoms with Crippen molar-refractivity contribution < 1.29 is 23.9 Å². The molecule has 224 valence electrons. The van der Waals surface area contributed by atoms with Crippen LogP contribution in [-0.4, -0.2) is 49.8 Å². The molecule has 0 radical (unpaired) electrons. The first-order chi connectivity index (χ1) is 21.1. The minimum atomic E-state index is -0.809. The highest BCUT2D eigenvalue weighted by molar-refractivity contribution is 7.20. The lowest BCUT2D eigenvalue weighted by molar-refractivity contribution is 0.0915. The van der Waals surface area contributed by atoms with E-state index in [1.54, 1.807) is 42.1 Å². The van der Waals surface area contributed by atoms with Crippen LogP contribution in [0.3, 0.4) is 0 Å². The molecule has 44 heavy (non-hydrogen) atoms. The van der Waals surface area contributed by atoms with Gasteiger partial charge in [0, 0.05) is 19.4 Å². The maximum Gasteiger partial charge on any atom is 0.436 e. The molecule has 0 aliphatic rings. The summed E-state index contributed by atoms with van der Waals surface area (Å²) in [4.78, 5) is 57.2. The summed E-state index contributed by atoms with van der Waals surface area (Å²) in [6.45, 7) is 7.27. The van der Waals surface area contributed by atoms with Gasteiger partial charge in [-0.3, -0.25) is 14.4 Å². The maximum atomic E-state index is 13.5. The molecular formula is C31H29N7O5S. The number of rotatable bonds is 9. The fraction of sp³-hybridized carbons (Fsp3) is 0.161. The van der Waals surface area contributed by atoms with Crippen LogP contribution in [0, 0.1) is 0 Å². The molecule has 12 nitrogen and oxygen atoms in total. The third kappa shape index (κ3) is 6.13. The average molecular weight is 612 g/mol. The van der Waals surface area contributed by atoms with Crippen molar-refractivity contribution in [3.8, 4) is 0 Å². The van der Waals surface area contributed by atoms with E-state index < -0.39 is 23.4 Å². The highest BCUT2D eigenvalue weighted by atomic mass is 32.1. The van der Waals surface area contributed by atoms with Gasteiger partial charge in [0.05, 0.1) is 27.1 Å². The summed E-state index contributed by atoms with van der Waals surface area (Å²) in [5.74, 6) is -1.28.